The van der Waals surface area contributed by atoms with Crippen molar-refractivity contribution >= 4 is 46.1 Å². The Bertz CT molecular complexity index is 998. The molecule has 4 nitrogen and oxygen atoms in total. The van der Waals surface area contributed by atoms with Crippen LogP contribution in [0.1, 0.15) is 40.5 Å². The maximum absolute atomic E-state index is 12.7. The predicted molar refractivity (Wildman–Crippen MR) is 115 cm³/mol. The standard InChI is InChI=1S/C22H23BrN2O2/c1-2-15-6-8-16(9-7-15)10-11-19-21(22(27)24-12-13-26)18-5-3-4-17(23)14-20(18)25-19/h4-11,14,25-26H,2-3,12-13H2,1H3,(H,24,27)/b11-10+. The maximum Gasteiger partial charge on any atom is 0.254 e. The van der Waals surface area contributed by atoms with Gasteiger partial charge in [-0.1, -0.05) is 65.3 Å². The number of hydrogen-bond acceptors (Lipinski definition) is 2. The van der Waals surface area contributed by atoms with E-state index in [2.05, 4.69) is 57.4 Å². The van der Waals surface area contributed by atoms with Crippen molar-refractivity contribution in [3.8, 4) is 0 Å². The number of aliphatic hydroxyl groups excluding tert-OH is 1. The summed E-state index contributed by atoms with van der Waals surface area (Å²) in [6.07, 6.45) is 11.8. The fourth-order valence-corrected chi connectivity index (χ4v) is 3.45. The van der Waals surface area contributed by atoms with Gasteiger partial charge in [-0.3, -0.25) is 4.79 Å². The summed E-state index contributed by atoms with van der Waals surface area (Å²) in [6.45, 7) is 2.27. The smallest absolute Gasteiger partial charge is 0.254 e. The van der Waals surface area contributed by atoms with E-state index in [-0.39, 0.29) is 19.1 Å². The largest absolute Gasteiger partial charge is 0.395 e. The minimum Gasteiger partial charge on any atom is -0.395 e. The first-order valence-electron chi connectivity index (χ1n) is 9.08. The number of allylic oxidation sites excluding steroid dienone is 2. The van der Waals surface area contributed by atoms with Crippen molar-refractivity contribution in [2.75, 3.05) is 13.2 Å². The molecule has 0 bridgehead atoms. The van der Waals surface area contributed by atoms with Crippen molar-refractivity contribution in [1.29, 1.82) is 0 Å². The molecular weight excluding hydrogens is 404 g/mol. The van der Waals surface area contributed by atoms with E-state index in [9.17, 15) is 4.79 Å². The molecule has 0 aliphatic heterocycles. The zero-order valence-electron chi connectivity index (χ0n) is 15.3. The number of aliphatic hydroxyl groups is 1. The van der Waals surface area contributed by atoms with Crippen LogP contribution in [0.4, 0.5) is 0 Å². The summed E-state index contributed by atoms with van der Waals surface area (Å²) >= 11 is 3.52. The van der Waals surface area contributed by atoms with E-state index >= 15 is 0 Å². The van der Waals surface area contributed by atoms with Crippen molar-refractivity contribution in [2.24, 2.45) is 0 Å². The summed E-state index contributed by atoms with van der Waals surface area (Å²) in [4.78, 5) is 16.1. The molecule has 1 heterocycles. The SMILES string of the molecule is CCc1ccc(/C=C/c2[nH]c3c(c2C(=O)NCCO)=CCC=C(Br)C=3)cc1. The number of nitrogens with one attached hydrogen (secondary N) is 2. The minimum absolute atomic E-state index is 0.0871. The summed E-state index contributed by atoms with van der Waals surface area (Å²) in [5.74, 6) is -0.190. The number of fused-ring (bicyclic) bond motifs is 1. The van der Waals surface area contributed by atoms with E-state index in [1.165, 1.54) is 5.56 Å². The van der Waals surface area contributed by atoms with Gasteiger partial charge >= 0.3 is 0 Å². The fraction of sp³-hybridized carbons (Fsp3) is 0.227. The molecule has 140 valence electrons. The molecule has 27 heavy (non-hydrogen) atoms. The first-order chi connectivity index (χ1) is 13.1. The molecule has 0 radical (unpaired) electrons. The zero-order valence-corrected chi connectivity index (χ0v) is 16.8. The van der Waals surface area contributed by atoms with Gasteiger partial charge in [0.25, 0.3) is 5.91 Å². The molecule has 0 spiro atoms. The molecule has 2 aromatic rings. The Labute approximate surface area is 167 Å². The number of aryl methyl sites for hydroxylation is 1. The van der Waals surface area contributed by atoms with Gasteiger partial charge in [0.1, 0.15) is 0 Å². The highest BCUT2D eigenvalue weighted by Crippen LogP contribution is 2.13. The average molecular weight is 427 g/mol. The van der Waals surface area contributed by atoms with Gasteiger partial charge in [-0.25, -0.2) is 0 Å². The maximum atomic E-state index is 12.7. The number of aromatic amines is 1. The second kappa shape index (κ2) is 9.02. The lowest BCUT2D eigenvalue weighted by atomic mass is 10.1. The third-order valence-corrected chi connectivity index (χ3v) is 5.02. The lowest BCUT2D eigenvalue weighted by Crippen LogP contribution is -2.33. The van der Waals surface area contributed by atoms with Gasteiger partial charge in [-0.2, -0.15) is 0 Å². The number of amides is 1. The van der Waals surface area contributed by atoms with Crippen molar-refractivity contribution in [2.45, 2.75) is 19.8 Å². The van der Waals surface area contributed by atoms with E-state index in [4.69, 9.17) is 5.11 Å². The number of aromatic nitrogens is 1. The number of carbonyl (C=O) groups excluding carboxylic acids is 1. The Hall–Kier alpha value is -2.37. The van der Waals surface area contributed by atoms with Gasteiger partial charge in [-0.05, 0) is 36.1 Å². The molecule has 0 fully saturated rings. The molecule has 1 aromatic carbocycles. The molecule has 3 N–H and O–H groups in total. The Kier molecular flexibility index (Phi) is 6.48. The topological polar surface area (TPSA) is 65.1 Å². The third-order valence-electron chi connectivity index (χ3n) is 4.47. The average Bonchev–Trinajstić information content (AvgIpc) is 2.91. The van der Waals surface area contributed by atoms with Crippen LogP contribution in [0.2, 0.25) is 0 Å². The first-order valence-corrected chi connectivity index (χ1v) is 9.87. The van der Waals surface area contributed by atoms with Crippen molar-refractivity contribution < 1.29 is 9.90 Å². The van der Waals surface area contributed by atoms with Gasteiger partial charge in [0.2, 0.25) is 0 Å². The molecule has 0 atom stereocenters. The summed E-state index contributed by atoms with van der Waals surface area (Å²) < 4.78 is 0.978. The van der Waals surface area contributed by atoms with Gasteiger partial charge < -0.3 is 15.4 Å². The number of H-pyrrole nitrogens is 1. The lowest BCUT2D eigenvalue weighted by Gasteiger charge is -2.03. The van der Waals surface area contributed by atoms with E-state index in [1.54, 1.807) is 0 Å². The Morgan fingerprint density at radius 3 is 2.74 bits per heavy atom. The van der Waals surface area contributed by atoms with E-state index in [0.717, 1.165) is 39.1 Å². The number of rotatable bonds is 6. The summed E-state index contributed by atoms with van der Waals surface area (Å²) in [6, 6.07) is 8.38. The van der Waals surface area contributed by atoms with Crippen LogP contribution in [0.25, 0.3) is 24.3 Å². The van der Waals surface area contributed by atoms with Crippen LogP contribution in [-0.2, 0) is 6.42 Å². The molecule has 1 aliphatic rings. The lowest BCUT2D eigenvalue weighted by molar-refractivity contribution is 0.0944. The summed E-state index contributed by atoms with van der Waals surface area (Å²) in [5.41, 5.74) is 3.73. The Morgan fingerprint density at radius 2 is 2.04 bits per heavy atom. The third kappa shape index (κ3) is 4.67. The highest BCUT2D eigenvalue weighted by molar-refractivity contribution is 9.12. The molecular formula is C22H23BrN2O2. The first kappa shape index (κ1) is 19.4. The molecule has 0 saturated carbocycles. The van der Waals surface area contributed by atoms with Crippen LogP contribution in [-0.4, -0.2) is 29.1 Å². The number of benzene rings is 1. The normalized spacial score (nSPS) is 13.4. The Morgan fingerprint density at radius 1 is 1.26 bits per heavy atom. The number of halogens is 1. The monoisotopic (exact) mass is 426 g/mol. The summed E-state index contributed by atoms with van der Waals surface area (Å²) in [5, 5.41) is 13.6. The highest BCUT2D eigenvalue weighted by Gasteiger charge is 2.15. The van der Waals surface area contributed by atoms with Gasteiger partial charge in [-0.15, -0.1) is 0 Å². The van der Waals surface area contributed by atoms with Crippen LogP contribution in [0, 0.1) is 0 Å². The minimum atomic E-state index is -0.190. The van der Waals surface area contributed by atoms with Gasteiger partial charge in [0.05, 0.1) is 17.9 Å². The van der Waals surface area contributed by atoms with E-state index in [1.807, 2.05) is 30.4 Å². The highest BCUT2D eigenvalue weighted by atomic mass is 79.9. The molecule has 3 rings (SSSR count). The van der Waals surface area contributed by atoms with Gasteiger partial charge in [0, 0.05) is 21.6 Å². The van der Waals surface area contributed by atoms with Crippen LogP contribution in [0.15, 0.2) is 34.8 Å². The fourth-order valence-electron chi connectivity index (χ4n) is 3.04. The Balaban J connectivity index is 2.03. The molecule has 1 aromatic heterocycles. The van der Waals surface area contributed by atoms with Gasteiger partial charge in [0.15, 0.2) is 0 Å². The summed E-state index contributed by atoms with van der Waals surface area (Å²) in [7, 11) is 0. The molecule has 1 aliphatic carbocycles. The van der Waals surface area contributed by atoms with Crippen molar-refractivity contribution in [1.82, 2.24) is 10.3 Å². The van der Waals surface area contributed by atoms with Crippen LogP contribution >= 0.6 is 15.9 Å². The van der Waals surface area contributed by atoms with Crippen molar-refractivity contribution in [3.05, 3.63) is 67.8 Å². The zero-order chi connectivity index (χ0) is 19.2. The van der Waals surface area contributed by atoms with Crippen LogP contribution in [0.3, 0.4) is 0 Å². The van der Waals surface area contributed by atoms with E-state index in [0.29, 0.717) is 5.56 Å². The predicted octanol–water partition coefficient (Wildman–Crippen LogP) is 2.71. The van der Waals surface area contributed by atoms with E-state index < -0.39 is 0 Å². The molecule has 1 amide bonds. The second-order valence-electron chi connectivity index (χ2n) is 6.32. The van der Waals surface area contributed by atoms with Crippen LogP contribution < -0.4 is 15.9 Å². The molecule has 0 unspecified atom stereocenters. The quantitative estimate of drug-likeness (QED) is 0.664. The number of carbonyl (C=O) groups is 1. The van der Waals surface area contributed by atoms with Crippen LogP contribution in [0.5, 0.6) is 0 Å². The molecule has 0 saturated heterocycles. The second-order valence-corrected chi connectivity index (χ2v) is 7.24. The van der Waals surface area contributed by atoms with Crippen molar-refractivity contribution in [3.63, 3.8) is 0 Å². The number of hydrogen-bond donors (Lipinski definition) is 3. The molecule has 5 heteroatoms.